The van der Waals surface area contributed by atoms with Gasteiger partial charge in [0.05, 0.1) is 18.8 Å². The summed E-state index contributed by atoms with van der Waals surface area (Å²) >= 11 is 0. The molecule has 5 heteroatoms. The Morgan fingerprint density at radius 2 is 2.04 bits per heavy atom. The maximum Gasteiger partial charge on any atom is 0.256 e. The molecule has 0 radical (unpaired) electrons. The Balaban J connectivity index is 1.75. The molecule has 1 aromatic carbocycles. The number of nitrogens with zero attached hydrogens (tertiary/aromatic N) is 2. The third kappa shape index (κ3) is 3.48. The molecular formula is C19H28N2O3. The fourth-order valence-electron chi connectivity index (χ4n) is 4.00. The van der Waals surface area contributed by atoms with Gasteiger partial charge in [0.2, 0.25) is 0 Å². The third-order valence-electron chi connectivity index (χ3n) is 5.37. The molecule has 1 aliphatic carbocycles. The van der Waals surface area contributed by atoms with Crippen LogP contribution in [0.1, 0.15) is 30.9 Å². The van der Waals surface area contributed by atoms with E-state index in [1.54, 1.807) is 7.11 Å². The van der Waals surface area contributed by atoms with Crippen molar-refractivity contribution in [2.24, 2.45) is 0 Å². The monoisotopic (exact) mass is 332 g/mol. The SMILES string of the molecule is CO[C@@H](C(=O)N1CCOC2CC(N(C)C)CCC21)c1ccccc1. The lowest BCUT2D eigenvalue weighted by Crippen LogP contribution is -2.58. The summed E-state index contributed by atoms with van der Waals surface area (Å²) in [5.74, 6) is 0.0605. The molecule has 2 fully saturated rings. The van der Waals surface area contributed by atoms with Gasteiger partial charge >= 0.3 is 0 Å². The standard InChI is InChI=1S/C19H28N2O3/c1-20(2)15-9-10-16-17(13-15)24-12-11-21(16)19(22)18(23-3)14-7-5-4-6-8-14/h4-8,15-18H,9-13H2,1-3H3/t15?,16?,17?,18-/m1/s1. The van der Waals surface area contributed by atoms with Crippen LogP contribution in [0.3, 0.4) is 0 Å². The first kappa shape index (κ1) is 17.4. The van der Waals surface area contributed by atoms with Gasteiger partial charge in [-0.15, -0.1) is 0 Å². The van der Waals surface area contributed by atoms with E-state index in [1.165, 1.54) is 0 Å². The van der Waals surface area contributed by atoms with Gasteiger partial charge in [-0.2, -0.15) is 0 Å². The van der Waals surface area contributed by atoms with Crippen molar-refractivity contribution in [1.29, 1.82) is 0 Å². The number of amides is 1. The number of carbonyl (C=O) groups is 1. The summed E-state index contributed by atoms with van der Waals surface area (Å²) in [6.07, 6.45) is 2.69. The number of hydrogen-bond acceptors (Lipinski definition) is 4. The molecule has 24 heavy (non-hydrogen) atoms. The van der Waals surface area contributed by atoms with Gasteiger partial charge in [0.15, 0.2) is 6.10 Å². The van der Waals surface area contributed by atoms with E-state index in [9.17, 15) is 4.79 Å². The summed E-state index contributed by atoms with van der Waals surface area (Å²) in [5.41, 5.74) is 0.912. The van der Waals surface area contributed by atoms with Crippen molar-refractivity contribution in [3.63, 3.8) is 0 Å². The molecule has 3 rings (SSSR count). The normalized spacial score (nSPS) is 28.5. The van der Waals surface area contributed by atoms with E-state index in [0.29, 0.717) is 19.2 Å². The molecule has 4 atom stereocenters. The molecule has 1 heterocycles. The highest BCUT2D eigenvalue weighted by molar-refractivity contribution is 5.82. The van der Waals surface area contributed by atoms with Crippen LogP contribution < -0.4 is 0 Å². The molecule has 1 saturated heterocycles. The predicted octanol–water partition coefficient (Wildman–Crippen LogP) is 2.08. The van der Waals surface area contributed by atoms with E-state index in [4.69, 9.17) is 9.47 Å². The van der Waals surface area contributed by atoms with Gasteiger partial charge in [-0.3, -0.25) is 4.79 Å². The topological polar surface area (TPSA) is 42.0 Å². The van der Waals surface area contributed by atoms with Crippen molar-refractivity contribution in [3.05, 3.63) is 35.9 Å². The van der Waals surface area contributed by atoms with Crippen LogP contribution in [0, 0.1) is 0 Å². The summed E-state index contributed by atoms with van der Waals surface area (Å²) in [7, 11) is 5.84. The van der Waals surface area contributed by atoms with Gasteiger partial charge in [0.25, 0.3) is 5.91 Å². The average Bonchev–Trinajstić information content (AvgIpc) is 2.62. The highest BCUT2D eigenvalue weighted by atomic mass is 16.5. The van der Waals surface area contributed by atoms with Crippen LogP contribution in [-0.2, 0) is 14.3 Å². The van der Waals surface area contributed by atoms with Crippen LogP contribution in [0.25, 0.3) is 0 Å². The minimum absolute atomic E-state index is 0.0605. The third-order valence-corrected chi connectivity index (χ3v) is 5.37. The zero-order valence-corrected chi connectivity index (χ0v) is 14.9. The smallest absolute Gasteiger partial charge is 0.256 e. The molecule has 0 N–H and O–H groups in total. The number of methoxy groups -OCH3 is 1. The molecule has 1 aromatic rings. The number of hydrogen-bond donors (Lipinski definition) is 0. The van der Waals surface area contributed by atoms with Crippen LogP contribution in [0.4, 0.5) is 0 Å². The van der Waals surface area contributed by atoms with Gasteiger partial charge in [0.1, 0.15) is 0 Å². The summed E-state index contributed by atoms with van der Waals surface area (Å²) in [6, 6.07) is 10.4. The predicted molar refractivity (Wildman–Crippen MR) is 92.8 cm³/mol. The van der Waals surface area contributed by atoms with E-state index >= 15 is 0 Å². The highest BCUT2D eigenvalue weighted by Gasteiger charge is 2.42. The molecule has 1 saturated carbocycles. The van der Waals surface area contributed by atoms with Gasteiger partial charge < -0.3 is 19.3 Å². The molecule has 132 valence electrons. The molecular weight excluding hydrogens is 304 g/mol. The Morgan fingerprint density at radius 3 is 2.71 bits per heavy atom. The second-order valence-corrected chi connectivity index (χ2v) is 6.97. The quantitative estimate of drug-likeness (QED) is 0.847. The van der Waals surface area contributed by atoms with E-state index in [1.807, 2.05) is 35.2 Å². The number of benzene rings is 1. The zero-order chi connectivity index (χ0) is 17.1. The Hall–Kier alpha value is -1.43. The minimum atomic E-state index is -0.531. The Kier molecular flexibility index (Phi) is 5.54. The zero-order valence-electron chi connectivity index (χ0n) is 14.9. The Bertz CT molecular complexity index is 549. The van der Waals surface area contributed by atoms with Crippen LogP contribution in [0.2, 0.25) is 0 Å². The van der Waals surface area contributed by atoms with Gasteiger partial charge in [0, 0.05) is 19.7 Å². The molecule has 1 amide bonds. The maximum atomic E-state index is 13.1. The number of morpholine rings is 1. The minimum Gasteiger partial charge on any atom is -0.374 e. The number of ether oxygens (including phenoxy) is 2. The van der Waals surface area contributed by atoms with E-state index in [0.717, 1.165) is 24.8 Å². The molecule has 2 aliphatic rings. The summed E-state index contributed by atoms with van der Waals surface area (Å²) in [5, 5.41) is 0. The van der Waals surface area contributed by atoms with Crippen LogP contribution in [0.15, 0.2) is 30.3 Å². The van der Waals surface area contributed by atoms with Gasteiger partial charge in [-0.25, -0.2) is 0 Å². The molecule has 5 nitrogen and oxygen atoms in total. The van der Waals surface area contributed by atoms with Crippen molar-refractivity contribution >= 4 is 5.91 Å². The van der Waals surface area contributed by atoms with Gasteiger partial charge in [-0.1, -0.05) is 30.3 Å². The van der Waals surface area contributed by atoms with E-state index in [-0.39, 0.29) is 18.1 Å². The average molecular weight is 332 g/mol. The first-order chi connectivity index (χ1) is 11.6. The molecule has 0 bridgehead atoms. The fourth-order valence-corrected chi connectivity index (χ4v) is 4.00. The van der Waals surface area contributed by atoms with Crippen LogP contribution in [-0.4, -0.2) is 68.3 Å². The summed E-state index contributed by atoms with van der Waals surface area (Å²) in [4.78, 5) is 17.4. The fraction of sp³-hybridized carbons (Fsp3) is 0.632. The van der Waals surface area contributed by atoms with Crippen molar-refractivity contribution in [2.75, 3.05) is 34.4 Å². The lowest BCUT2D eigenvalue weighted by Gasteiger charge is -2.47. The van der Waals surface area contributed by atoms with Crippen molar-refractivity contribution in [3.8, 4) is 0 Å². The maximum absolute atomic E-state index is 13.1. The van der Waals surface area contributed by atoms with Crippen LogP contribution >= 0.6 is 0 Å². The van der Waals surface area contributed by atoms with Crippen molar-refractivity contribution in [1.82, 2.24) is 9.80 Å². The molecule has 0 aromatic heterocycles. The summed E-state index contributed by atoms with van der Waals surface area (Å²) in [6.45, 7) is 1.26. The molecule has 3 unspecified atom stereocenters. The van der Waals surface area contributed by atoms with Crippen molar-refractivity contribution < 1.29 is 14.3 Å². The second-order valence-electron chi connectivity index (χ2n) is 6.97. The van der Waals surface area contributed by atoms with Crippen LogP contribution in [0.5, 0.6) is 0 Å². The first-order valence-electron chi connectivity index (χ1n) is 8.78. The largest absolute Gasteiger partial charge is 0.374 e. The first-order valence-corrected chi connectivity index (χ1v) is 8.78. The Labute approximate surface area is 144 Å². The molecule has 1 aliphatic heterocycles. The number of rotatable bonds is 4. The molecule has 0 spiro atoms. The lowest BCUT2D eigenvalue weighted by molar-refractivity contribution is -0.162. The van der Waals surface area contributed by atoms with Gasteiger partial charge in [-0.05, 0) is 38.9 Å². The van der Waals surface area contributed by atoms with E-state index < -0.39 is 6.10 Å². The van der Waals surface area contributed by atoms with Crippen molar-refractivity contribution in [2.45, 2.75) is 43.6 Å². The highest BCUT2D eigenvalue weighted by Crippen LogP contribution is 2.32. The number of carbonyl (C=O) groups excluding carboxylic acids is 1. The van der Waals surface area contributed by atoms with E-state index in [2.05, 4.69) is 19.0 Å². The second kappa shape index (κ2) is 7.64. The Morgan fingerprint density at radius 1 is 1.29 bits per heavy atom. The summed E-state index contributed by atoms with van der Waals surface area (Å²) < 4.78 is 11.6. The number of fused-ring (bicyclic) bond motifs is 1. The lowest BCUT2D eigenvalue weighted by atomic mass is 9.85.